The maximum absolute atomic E-state index is 13.2. The van der Waals surface area contributed by atoms with Gasteiger partial charge in [0.25, 0.3) is 0 Å². The number of hydrogen-bond acceptors (Lipinski definition) is 3. The van der Waals surface area contributed by atoms with Crippen LogP contribution in [0.4, 0.5) is 8.78 Å². The van der Waals surface area contributed by atoms with Crippen molar-refractivity contribution in [3.63, 3.8) is 0 Å². The molecule has 0 radical (unpaired) electrons. The Morgan fingerprint density at radius 2 is 2.29 bits per heavy atom. The minimum Gasteiger partial charge on any atom is -0.489 e. The van der Waals surface area contributed by atoms with E-state index < -0.39 is 11.6 Å². The van der Waals surface area contributed by atoms with Crippen LogP contribution in [0.3, 0.4) is 0 Å². The molecular formula is C12H15F2NO2. The van der Waals surface area contributed by atoms with Crippen molar-refractivity contribution in [1.82, 2.24) is 0 Å². The van der Waals surface area contributed by atoms with Gasteiger partial charge in [-0.3, -0.25) is 0 Å². The highest BCUT2D eigenvalue weighted by molar-refractivity contribution is 5.24. The molecule has 0 amide bonds. The molecule has 17 heavy (non-hydrogen) atoms. The molecule has 1 saturated heterocycles. The Labute approximate surface area is 98.5 Å². The molecule has 1 aliphatic rings. The Morgan fingerprint density at radius 1 is 1.47 bits per heavy atom. The summed E-state index contributed by atoms with van der Waals surface area (Å²) in [7, 11) is 0. The number of rotatable bonds is 4. The lowest BCUT2D eigenvalue weighted by molar-refractivity contribution is 0.169. The van der Waals surface area contributed by atoms with Crippen molar-refractivity contribution in [2.24, 2.45) is 11.7 Å². The van der Waals surface area contributed by atoms with Crippen molar-refractivity contribution in [1.29, 1.82) is 0 Å². The predicted molar refractivity (Wildman–Crippen MR) is 58.8 cm³/mol. The van der Waals surface area contributed by atoms with Crippen molar-refractivity contribution in [3.05, 3.63) is 29.8 Å². The molecule has 1 aromatic carbocycles. The van der Waals surface area contributed by atoms with Gasteiger partial charge in [-0.05, 0) is 18.6 Å². The Bertz CT molecular complexity index is 381. The van der Waals surface area contributed by atoms with Crippen molar-refractivity contribution in [2.45, 2.75) is 12.5 Å². The lowest BCUT2D eigenvalue weighted by Gasteiger charge is -2.18. The Morgan fingerprint density at radius 3 is 3.00 bits per heavy atom. The van der Waals surface area contributed by atoms with E-state index in [0.29, 0.717) is 13.2 Å². The molecule has 0 bridgehead atoms. The van der Waals surface area contributed by atoms with Gasteiger partial charge in [0.2, 0.25) is 0 Å². The molecule has 1 aliphatic heterocycles. The molecule has 2 N–H and O–H groups in total. The largest absolute Gasteiger partial charge is 0.489 e. The van der Waals surface area contributed by atoms with Gasteiger partial charge in [-0.15, -0.1) is 0 Å². The maximum atomic E-state index is 13.2. The number of hydrogen-bond donors (Lipinski definition) is 1. The zero-order chi connectivity index (χ0) is 12.3. The highest BCUT2D eigenvalue weighted by Gasteiger charge is 2.23. The Kier molecular flexibility index (Phi) is 3.91. The van der Waals surface area contributed by atoms with E-state index >= 15 is 0 Å². The van der Waals surface area contributed by atoms with Crippen LogP contribution in [-0.2, 0) is 4.74 Å². The van der Waals surface area contributed by atoms with Crippen LogP contribution in [0.5, 0.6) is 5.75 Å². The fourth-order valence-electron chi connectivity index (χ4n) is 1.80. The van der Waals surface area contributed by atoms with E-state index in [1.807, 2.05) is 0 Å². The minimum atomic E-state index is -0.582. The fourth-order valence-corrected chi connectivity index (χ4v) is 1.80. The van der Waals surface area contributed by atoms with Crippen LogP contribution in [0, 0.1) is 17.6 Å². The summed E-state index contributed by atoms with van der Waals surface area (Å²) >= 11 is 0. The molecule has 2 atom stereocenters. The fraction of sp³-hybridized carbons (Fsp3) is 0.500. The van der Waals surface area contributed by atoms with E-state index in [1.54, 1.807) is 0 Å². The van der Waals surface area contributed by atoms with E-state index in [-0.39, 0.29) is 24.3 Å². The van der Waals surface area contributed by atoms with Crippen LogP contribution in [0.15, 0.2) is 18.2 Å². The molecular weight excluding hydrogens is 228 g/mol. The van der Waals surface area contributed by atoms with Crippen molar-refractivity contribution >= 4 is 0 Å². The number of benzene rings is 1. The third kappa shape index (κ3) is 3.14. The molecule has 1 heterocycles. The molecule has 94 valence electrons. The molecule has 0 spiro atoms. The Balaban J connectivity index is 1.90. The monoisotopic (exact) mass is 243 g/mol. The first kappa shape index (κ1) is 12.3. The van der Waals surface area contributed by atoms with Gasteiger partial charge in [0.1, 0.15) is 12.4 Å². The van der Waals surface area contributed by atoms with E-state index in [2.05, 4.69) is 0 Å². The Hall–Kier alpha value is -1.20. The second-order valence-corrected chi connectivity index (χ2v) is 4.17. The van der Waals surface area contributed by atoms with E-state index in [9.17, 15) is 8.78 Å². The SMILES string of the molecule is NC(COc1cc(F)ccc1F)C1CCOC1. The standard InChI is InChI=1S/C12H15F2NO2/c13-9-1-2-10(14)12(5-9)17-7-11(15)8-3-4-16-6-8/h1-2,5,8,11H,3-4,6-7,15H2. The molecule has 2 rings (SSSR count). The summed E-state index contributed by atoms with van der Waals surface area (Å²) in [5.74, 6) is -0.980. The number of halogens is 2. The summed E-state index contributed by atoms with van der Waals surface area (Å²) in [5, 5.41) is 0. The van der Waals surface area contributed by atoms with Gasteiger partial charge in [-0.1, -0.05) is 0 Å². The third-order valence-electron chi connectivity index (χ3n) is 2.89. The van der Waals surface area contributed by atoms with Gasteiger partial charge in [0.15, 0.2) is 11.6 Å². The summed E-state index contributed by atoms with van der Waals surface area (Å²) in [6.07, 6.45) is 0.885. The summed E-state index contributed by atoms with van der Waals surface area (Å²) in [6, 6.07) is 2.88. The zero-order valence-electron chi connectivity index (χ0n) is 9.36. The van der Waals surface area contributed by atoms with E-state index in [0.717, 1.165) is 24.6 Å². The van der Waals surface area contributed by atoms with Gasteiger partial charge in [0.05, 0.1) is 6.61 Å². The van der Waals surface area contributed by atoms with Gasteiger partial charge in [-0.25, -0.2) is 8.78 Å². The van der Waals surface area contributed by atoms with Gasteiger partial charge >= 0.3 is 0 Å². The lowest BCUT2D eigenvalue weighted by Crippen LogP contribution is -2.36. The third-order valence-corrected chi connectivity index (χ3v) is 2.89. The summed E-state index contributed by atoms with van der Waals surface area (Å²) in [5.41, 5.74) is 5.89. The highest BCUT2D eigenvalue weighted by atomic mass is 19.1. The maximum Gasteiger partial charge on any atom is 0.165 e. The van der Waals surface area contributed by atoms with Crippen LogP contribution >= 0.6 is 0 Å². The van der Waals surface area contributed by atoms with Crippen molar-refractivity contribution in [2.75, 3.05) is 19.8 Å². The van der Waals surface area contributed by atoms with Crippen LogP contribution in [0.2, 0.25) is 0 Å². The van der Waals surface area contributed by atoms with Crippen LogP contribution < -0.4 is 10.5 Å². The first-order chi connectivity index (χ1) is 8.16. The molecule has 2 unspecified atom stereocenters. The quantitative estimate of drug-likeness (QED) is 0.875. The van der Waals surface area contributed by atoms with Crippen LogP contribution in [0.25, 0.3) is 0 Å². The van der Waals surface area contributed by atoms with Gasteiger partial charge in [-0.2, -0.15) is 0 Å². The van der Waals surface area contributed by atoms with Crippen LogP contribution in [-0.4, -0.2) is 25.9 Å². The number of nitrogens with two attached hydrogens (primary N) is 1. The molecule has 1 fully saturated rings. The second kappa shape index (κ2) is 5.42. The highest BCUT2D eigenvalue weighted by Crippen LogP contribution is 2.20. The summed E-state index contributed by atoms with van der Waals surface area (Å²) < 4.78 is 36.5. The summed E-state index contributed by atoms with van der Waals surface area (Å²) in [6.45, 7) is 1.47. The van der Waals surface area contributed by atoms with Gasteiger partial charge < -0.3 is 15.2 Å². The predicted octanol–water partition coefficient (Wildman–Crippen LogP) is 1.71. The average molecular weight is 243 g/mol. The number of ether oxygens (including phenoxy) is 2. The second-order valence-electron chi connectivity index (χ2n) is 4.17. The van der Waals surface area contributed by atoms with E-state index in [4.69, 9.17) is 15.2 Å². The van der Waals surface area contributed by atoms with Gasteiger partial charge in [0, 0.05) is 24.6 Å². The smallest absolute Gasteiger partial charge is 0.165 e. The van der Waals surface area contributed by atoms with Crippen LogP contribution in [0.1, 0.15) is 6.42 Å². The van der Waals surface area contributed by atoms with E-state index in [1.165, 1.54) is 0 Å². The van der Waals surface area contributed by atoms with Crippen molar-refractivity contribution < 1.29 is 18.3 Å². The topological polar surface area (TPSA) is 44.5 Å². The van der Waals surface area contributed by atoms with Crippen molar-refractivity contribution in [3.8, 4) is 5.75 Å². The minimum absolute atomic E-state index is 0.0978. The lowest BCUT2D eigenvalue weighted by atomic mass is 10.0. The molecule has 1 aromatic rings. The normalized spacial score (nSPS) is 21.5. The molecule has 3 nitrogen and oxygen atoms in total. The first-order valence-corrected chi connectivity index (χ1v) is 5.58. The molecule has 0 aliphatic carbocycles. The zero-order valence-corrected chi connectivity index (χ0v) is 9.36. The molecule has 0 saturated carbocycles. The first-order valence-electron chi connectivity index (χ1n) is 5.58. The molecule has 5 heteroatoms. The molecule has 0 aromatic heterocycles. The summed E-state index contributed by atoms with van der Waals surface area (Å²) in [4.78, 5) is 0. The average Bonchev–Trinajstić information content (AvgIpc) is 2.83.